The van der Waals surface area contributed by atoms with Crippen molar-refractivity contribution in [3.8, 4) is 6.07 Å². The molecule has 0 amide bonds. The van der Waals surface area contributed by atoms with Gasteiger partial charge in [-0.1, -0.05) is 13.8 Å². The lowest BCUT2D eigenvalue weighted by atomic mass is 10.1. The van der Waals surface area contributed by atoms with Crippen LogP contribution in [0.4, 0.5) is 9.39 Å². The number of nitrogen functional groups attached to an aromatic ring is 1. The summed E-state index contributed by atoms with van der Waals surface area (Å²) in [6.07, 6.45) is 1.15. The molecule has 2 rings (SSSR count). The Morgan fingerprint density at radius 2 is 2.12 bits per heavy atom. The highest BCUT2D eigenvalue weighted by Gasteiger charge is 2.15. The minimum Gasteiger partial charge on any atom is -0.389 e. The topological polar surface area (TPSA) is 62.7 Å². The molecule has 0 saturated carbocycles. The SMILES string of the molecule is CC.Cc1ncc(F)c2sc(N)c(C#N)c12. The van der Waals surface area contributed by atoms with Crippen molar-refractivity contribution in [1.82, 2.24) is 4.98 Å². The van der Waals surface area contributed by atoms with Gasteiger partial charge in [-0.25, -0.2) is 4.39 Å². The van der Waals surface area contributed by atoms with Crippen LogP contribution in [0.25, 0.3) is 10.1 Å². The molecule has 0 saturated heterocycles. The second-order valence-corrected chi connectivity index (χ2v) is 3.90. The smallest absolute Gasteiger partial charge is 0.159 e. The number of thiophene rings is 1. The third-order valence-electron chi connectivity index (χ3n) is 2.00. The Balaban J connectivity index is 0.000000606. The molecule has 2 heterocycles. The third-order valence-corrected chi connectivity index (χ3v) is 3.02. The lowest BCUT2D eigenvalue weighted by molar-refractivity contribution is 0.635. The molecule has 0 aliphatic heterocycles. The van der Waals surface area contributed by atoms with Crippen molar-refractivity contribution in [3.05, 3.63) is 23.3 Å². The van der Waals surface area contributed by atoms with Crippen molar-refractivity contribution in [3.63, 3.8) is 0 Å². The van der Waals surface area contributed by atoms with E-state index >= 15 is 0 Å². The number of hydrogen-bond acceptors (Lipinski definition) is 4. The monoisotopic (exact) mass is 237 g/mol. The molecule has 16 heavy (non-hydrogen) atoms. The summed E-state index contributed by atoms with van der Waals surface area (Å²) < 4.78 is 13.7. The molecular formula is C11H12FN3S. The van der Waals surface area contributed by atoms with Gasteiger partial charge in [0.25, 0.3) is 0 Å². The summed E-state index contributed by atoms with van der Waals surface area (Å²) in [7, 11) is 0. The average Bonchev–Trinajstić information content (AvgIpc) is 2.64. The molecule has 0 spiro atoms. The number of pyridine rings is 1. The number of nitrogens with zero attached hydrogens (tertiary/aromatic N) is 2. The van der Waals surface area contributed by atoms with Gasteiger partial charge in [-0.2, -0.15) is 5.26 Å². The number of halogens is 1. The summed E-state index contributed by atoms with van der Waals surface area (Å²) in [5.74, 6) is -0.427. The van der Waals surface area contributed by atoms with E-state index in [0.29, 0.717) is 26.3 Å². The number of rotatable bonds is 0. The van der Waals surface area contributed by atoms with Gasteiger partial charge < -0.3 is 5.73 Å². The Morgan fingerprint density at radius 3 is 2.69 bits per heavy atom. The molecular weight excluding hydrogens is 225 g/mol. The van der Waals surface area contributed by atoms with E-state index in [1.54, 1.807) is 6.92 Å². The highest BCUT2D eigenvalue weighted by Crippen LogP contribution is 2.35. The van der Waals surface area contributed by atoms with Crippen molar-refractivity contribution in [1.29, 1.82) is 5.26 Å². The van der Waals surface area contributed by atoms with Gasteiger partial charge in [0, 0.05) is 11.1 Å². The van der Waals surface area contributed by atoms with Gasteiger partial charge in [-0.15, -0.1) is 11.3 Å². The summed E-state index contributed by atoms with van der Waals surface area (Å²) in [6.45, 7) is 5.73. The maximum atomic E-state index is 13.3. The number of aromatic nitrogens is 1. The first-order valence-electron chi connectivity index (χ1n) is 4.88. The van der Waals surface area contributed by atoms with E-state index in [9.17, 15) is 4.39 Å². The van der Waals surface area contributed by atoms with Gasteiger partial charge in [0.2, 0.25) is 0 Å². The van der Waals surface area contributed by atoms with Crippen LogP contribution in [0, 0.1) is 24.1 Å². The molecule has 5 heteroatoms. The predicted molar refractivity (Wildman–Crippen MR) is 64.8 cm³/mol. The van der Waals surface area contributed by atoms with Crippen LogP contribution in [0.5, 0.6) is 0 Å². The van der Waals surface area contributed by atoms with E-state index in [4.69, 9.17) is 11.0 Å². The summed E-state index contributed by atoms with van der Waals surface area (Å²) in [5, 5.41) is 9.73. The quantitative estimate of drug-likeness (QED) is 0.765. The van der Waals surface area contributed by atoms with E-state index in [1.165, 1.54) is 0 Å². The molecule has 2 N–H and O–H groups in total. The Bertz CT molecular complexity index is 554. The molecule has 2 aromatic rings. The molecule has 0 aromatic carbocycles. The fourth-order valence-electron chi connectivity index (χ4n) is 1.35. The molecule has 0 atom stereocenters. The van der Waals surface area contributed by atoms with Crippen LogP contribution < -0.4 is 5.73 Å². The van der Waals surface area contributed by atoms with Gasteiger partial charge in [0.1, 0.15) is 11.1 Å². The van der Waals surface area contributed by atoms with Crippen molar-refractivity contribution in [2.24, 2.45) is 0 Å². The predicted octanol–water partition coefficient (Wildman–Crippen LogP) is 3.22. The number of aryl methyl sites for hydroxylation is 1. The van der Waals surface area contributed by atoms with Gasteiger partial charge in [0.05, 0.1) is 16.5 Å². The summed E-state index contributed by atoms with van der Waals surface area (Å²) >= 11 is 1.08. The molecule has 84 valence electrons. The van der Waals surface area contributed by atoms with Gasteiger partial charge in [-0.05, 0) is 6.92 Å². The molecule has 3 nitrogen and oxygen atoms in total. The summed E-state index contributed by atoms with van der Waals surface area (Å²) in [6, 6.07) is 1.97. The zero-order valence-corrected chi connectivity index (χ0v) is 10.2. The Labute approximate surface area is 97.3 Å². The fraction of sp³-hybridized carbons (Fsp3) is 0.273. The number of hydrogen-bond donors (Lipinski definition) is 1. The summed E-state index contributed by atoms with van der Waals surface area (Å²) in [5.41, 5.74) is 6.56. The van der Waals surface area contributed by atoms with Crippen molar-refractivity contribution in [2.45, 2.75) is 20.8 Å². The van der Waals surface area contributed by atoms with Gasteiger partial charge in [-0.3, -0.25) is 4.98 Å². The Hall–Kier alpha value is -1.67. The van der Waals surface area contributed by atoms with E-state index in [0.717, 1.165) is 17.5 Å². The Morgan fingerprint density at radius 1 is 1.50 bits per heavy atom. The van der Waals surface area contributed by atoms with Crippen LogP contribution in [0.15, 0.2) is 6.20 Å². The highest BCUT2D eigenvalue weighted by molar-refractivity contribution is 7.23. The second-order valence-electron chi connectivity index (χ2n) is 2.85. The van der Waals surface area contributed by atoms with E-state index in [2.05, 4.69) is 4.98 Å². The molecule has 0 bridgehead atoms. The van der Waals surface area contributed by atoms with Gasteiger partial charge >= 0.3 is 0 Å². The van der Waals surface area contributed by atoms with E-state index in [-0.39, 0.29) is 0 Å². The molecule has 0 aliphatic carbocycles. The first-order chi connectivity index (χ1) is 7.65. The zero-order valence-electron chi connectivity index (χ0n) is 9.34. The molecule has 2 aromatic heterocycles. The molecule has 0 unspecified atom stereocenters. The zero-order chi connectivity index (χ0) is 12.3. The van der Waals surface area contributed by atoms with E-state index < -0.39 is 5.82 Å². The minimum atomic E-state index is -0.427. The average molecular weight is 237 g/mol. The first kappa shape index (κ1) is 12.4. The van der Waals surface area contributed by atoms with Crippen LogP contribution in [-0.4, -0.2) is 4.98 Å². The Kier molecular flexibility index (Phi) is 3.80. The van der Waals surface area contributed by atoms with Gasteiger partial charge in [0.15, 0.2) is 5.82 Å². The van der Waals surface area contributed by atoms with Crippen LogP contribution in [-0.2, 0) is 0 Å². The number of fused-ring (bicyclic) bond motifs is 1. The number of nitriles is 1. The highest BCUT2D eigenvalue weighted by atomic mass is 32.1. The van der Waals surface area contributed by atoms with E-state index in [1.807, 2.05) is 19.9 Å². The lowest BCUT2D eigenvalue weighted by Gasteiger charge is -1.95. The fourth-order valence-corrected chi connectivity index (χ4v) is 2.32. The van der Waals surface area contributed by atoms with Crippen molar-refractivity contribution in [2.75, 3.05) is 5.73 Å². The molecule has 0 aliphatic rings. The number of anilines is 1. The second kappa shape index (κ2) is 4.90. The van der Waals surface area contributed by atoms with Crippen LogP contribution in [0.2, 0.25) is 0 Å². The third kappa shape index (κ3) is 1.84. The summed E-state index contributed by atoms with van der Waals surface area (Å²) in [4.78, 5) is 3.85. The lowest BCUT2D eigenvalue weighted by Crippen LogP contribution is -1.87. The van der Waals surface area contributed by atoms with Crippen LogP contribution in [0.3, 0.4) is 0 Å². The van der Waals surface area contributed by atoms with Crippen LogP contribution in [0.1, 0.15) is 25.1 Å². The standard InChI is InChI=1S/C9H6FN3S.C2H6/c1-4-7-5(2-11)9(12)14-8(7)6(10)3-13-4;1-2/h3H,12H2,1H3;1-2H3. The normalized spacial score (nSPS) is 9.44. The van der Waals surface area contributed by atoms with Crippen molar-refractivity contribution < 1.29 is 4.39 Å². The van der Waals surface area contributed by atoms with Crippen LogP contribution >= 0.6 is 11.3 Å². The number of nitrogens with two attached hydrogens (primary N) is 1. The minimum absolute atomic E-state index is 0.328. The molecule has 0 fully saturated rings. The first-order valence-corrected chi connectivity index (χ1v) is 5.70. The maximum absolute atomic E-state index is 13.3. The molecule has 0 radical (unpaired) electrons. The van der Waals surface area contributed by atoms with Crippen molar-refractivity contribution >= 4 is 26.4 Å². The maximum Gasteiger partial charge on any atom is 0.159 e. The largest absolute Gasteiger partial charge is 0.389 e.